The lowest BCUT2D eigenvalue weighted by molar-refractivity contribution is -0.136. The quantitative estimate of drug-likeness (QED) is 0.575. The molecule has 6 heteroatoms. The molecule has 0 aliphatic rings. The summed E-state index contributed by atoms with van der Waals surface area (Å²) in [4.78, 5) is 12.9. The zero-order valence-corrected chi connectivity index (χ0v) is 7.73. The molecule has 0 spiro atoms. The molecule has 0 bridgehead atoms. The molecule has 0 atom stereocenters. The molecule has 0 aromatic rings. The van der Waals surface area contributed by atoms with Gasteiger partial charge in [-0.2, -0.15) is 0 Å². The van der Waals surface area contributed by atoms with Gasteiger partial charge in [0, 0.05) is 13.1 Å². The molecule has 0 heterocycles. The van der Waals surface area contributed by atoms with Crippen molar-refractivity contribution in [1.82, 2.24) is 0 Å². The van der Waals surface area contributed by atoms with Crippen LogP contribution in [0.4, 0.5) is 0 Å². The third-order valence-corrected chi connectivity index (χ3v) is 0.595. The van der Waals surface area contributed by atoms with Gasteiger partial charge in [0.25, 0.3) is 0 Å². The number of nitrogens with two attached hydrogens (primary N) is 1. The van der Waals surface area contributed by atoms with Crippen LogP contribution in [0.15, 0.2) is 4.99 Å². The van der Waals surface area contributed by atoms with Crippen LogP contribution in [-0.2, 0) is 4.79 Å². The van der Waals surface area contributed by atoms with E-state index in [9.17, 15) is 4.79 Å². The van der Waals surface area contributed by atoms with Crippen molar-refractivity contribution in [2.75, 3.05) is 13.1 Å². The average Bonchev–Trinajstić information content (AvgIpc) is 1.90. The zero-order chi connectivity index (χ0) is 9.11. The highest BCUT2D eigenvalue weighted by Crippen LogP contribution is 1.67. The summed E-state index contributed by atoms with van der Waals surface area (Å²) in [6, 6.07) is 1.89. The van der Waals surface area contributed by atoms with E-state index in [-0.39, 0.29) is 25.4 Å². The molecule has 12 heavy (non-hydrogen) atoms. The molecule has 4 N–H and O–H groups in total. The minimum Gasteiger partial charge on any atom is -0.481 e. The third-order valence-electron chi connectivity index (χ3n) is 0.595. The zero-order valence-electron chi connectivity index (χ0n) is 6.91. The fourth-order valence-electron chi connectivity index (χ4n) is 0.203. The van der Waals surface area contributed by atoms with Crippen molar-refractivity contribution >= 4 is 24.4 Å². The van der Waals surface area contributed by atoms with Crippen LogP contribution in [0, 0.1) is 5.41 Å². The predicted molar refractivity (Wildman–Crippen MR) is 49.3 cm³/mol. The van der Waals surface area contributed by atoms with E-state index >= 15 is 0 Å². The van der Waals surface area contributed by atoms with Gasteiger partial charge in [-0.1, -0.05) is 0 Å². The van der Waals surface area contributed by atoms with Gasteiger partial charge in [0.05, 0.1) is 12.4 Å². The first-order valence-corrected chi connectivity index (χ1v) is 3.19. The summed E-state index contributed by atoms with van der Waals surface area (Å²) in [6.45, 7) is 2.76. The Morgan fingerprint density at radius 3 is 2.25 bits per heavy atom. The lowest BCUT2D eigenvalue weighted by Gasteiger charge is -1.80. The molecule has 0 saturated heterocycles. The van der Waals surface area contributed by atoms with Crippen molar-refractivity contribution in [3.63, 3.8) is 0 Å². The number of aliphatic imine (C=N–C) groups is 1. The second kappa shape index (κ2) is 16.6. The Morgan fingerprint density at radius 2 is 2.25 bits per heavy atom. The lowest BCUT2D eigenvalue weighted by atomic mass is 10.5. The van der Waals surface area contributed by atoms with Crippen LogP contribution in [0.2, 0.25) is 0 Å². The normalized spacial score (nSPS) is 6.50. The Kier molecular flexibility index (Phi) is 23.9. The van der Waals surface area contributed by atoms with Crippen LogP contribution in [0.3, 0.4) is 0 Å². The van der Waals surface area contributed by atoms with Gasteiger partial charge in [0.2, 0.25) is 0 Å². The van der Waals surface area contributed by atoms with Crippen molar-refractivity contribution in [2.24, 2.45) is 10.7 Å². The minimum atomic E-state index is -0.836. The van der Waals surface area contributed by atoms with Crippen LogP contribution in [-0.4, -0.2) is 30.2 Å². The summed E-state index contributed by atoms with van der Waals surface area (Å²) in [5, 5.41) is 14.0. The van der Waals surface area contributed by atoms with Crippen LogP contribution < -0.4 is 5.73 Å². The lowest BCUT2D eigenvalue weighted by Crippen LogP contribution is -2.05. The maximum Gasteiger partial charge on any atom is 0.304 e. The van der Waals surface area contributed by atoms with Gasteiger partial charge in [-0.05, 0) is 6.92 Å². The number of rotatable bonds is 3. The molecule has 0 radical (unpaired) electrons. The third kappa shape index (κ3) is 35.5. The van der Waals surface area contributed by atoms with E-state index in [0.717, 1.165) is 0 Å². The van der Waals surface area contributed by atoms with Gasteiger partial charge >= 0.3 is 5.97 Å². The number of halogens is 1. The predicted octanol–water partition coefficient (Wildman–Crippen LogP) is 0.601. The van der Waals surface area contributed by atoms with Gasteiger partial charge in [0.15, 0.2) is 0 Å². The summed E-state index contributed by atoms with van der Waals surface area (Å²) in [5.74, 6) is -0.836. The van der Waals surface area contributed by atoms with Crippen molar-refractivity contribution in [3.05, 3.63) is 0 Å². The molecule has 0 amide bonds. The molecule has 0 aromatic carbocycles. The molecule has 0 unspecified atom stereocenters. The first-order chi connectivity index (χ1) is 5.18. The second-order valence-corrected chi connectivity index (χ2v) is 1.52. The molecular formula is C6H14ClN3O2. The smallest absolute Gasteiger partial charge is 0.304 e. The Morgan fingerprint density at radius 1 is 1.75 bits per heavy atom. The van der Waals surface area contributed by atoms with Crippen molar-refractivity contribution in [3.8, 4) is 0 Å². The summed E-state index contributed by atoms with van der Waals surface area (Å²) < 4.78 is 0. The van der Waals surface area contributed by atoms with Gasteiger partial charge in [-0.25, -0.2) is 10.4 Å². The second-order valence-electron chi connectivity index (χ2n) is 1.52. The first-order valence-electron chi connectivity index (χ1n) is 3.19. The number of nitrogens with one attached hydrogen (secondary N) is 1. The van der Waals surface area contributed by atoms with E-state index in [1.165, 1.54) is 0 Å². The van der Waals surface area contributed by atoms with Gasteiger partial charge in [-0.15, -0.1) is 12.4 Å². The largest absolute Gasteiger partial charge is 0.481 e. The Balaban J connectivity index is -0.000000126. The minimum absolute atomic E-state index is 0. The van der Waals surface area contributed by atoms with Crippen molar-refractivity contribution in [2.45, 2.75) is 13.3 Å². The van der Waals surface area contributed by atoms with Crippen molar-refractivity contribution in [1.29, 1.82) is 5.41 Å². The molecular weight excluding hydrogens is 182 g/mol. The maximum absolute atomic E-state index is 9.52. The highest BCUT2D eigenvalue weighted by atomic mass is 35.5. The highest BCUT2D eigenvalue weighted by Gasteiger charge is 1.87. The fourth-order valence-corrected chi connectivity index (χ4v) is 0.203. The summed E-state index contributed by atoms with van der Waals surface area (Å²) in [6.07, 6.45) is 0.0694. The van der Waals surface area contributed by atoms with E-state index < -0.39 is 5.97 Å². The SMILES string of the molecule is CCN=C=N.Cl.NCCC(=O)O. The molecule has 0 aliphatic carbocycles. The van der Waals surface area contributed by atoms with Crippen LogP contribution in [0.25, 0.3) is 0 Å². The van der Waals surface area contributed by atoms with Crippen LogP contribution >= 0.6 is 12.4 Å². The standard InChI is InChI=1S/C3H6N2.C3H7NO2.ClH/c1-2-5-3-4;4-2-1-3(5)6;/h4H,2H2,1H3;1-2,4H2,(H,5,6);1H. The molecule has 0 saturated carbocycles. The Hall–Kier alpha value is -0.900. The van der Waals surface area contributed by atoms with Gasteiger partial charge < -0.3 is 10.8 Å². The van der Waals surface area contributed by atoms with Gasteiger partial charge in [0.1, 0.15) is 0 Å². The number of carbonyl (C=O) groups is 1. The number of hydrogen-bond acceptors (Lipinski definition) is 4. The number of nitrogens with zero attached hydrogens (tertiary/aromatic N) is 1. The molecule has 0 rings (SSSR count). The maximum atomic E-state index is 9.52. The Labute approximate surface area is 77.6 Å². The average molecular weight is 196 g/mol. The topological polar surface area (TPSA) is 99.5 Å². The molecule has 72 valence electrons. The number of aliphatic carboxylic acids is 1. The van der Waals surface area contributed by atoms with E-state index in [2.05, 4.69) is 4.99 Å². The monoisotopic (exact) mass is 195 g/mol. The van der Waals surface area contributed by atoms with Crippen molar-refractivity contribution < 1.29 is 9.90 Å². The summed E-state index contributed by atoms with van der Waals surface area (Å²) in [7, 11) is 0. The number of carboxylic acids is 1. The summed E-state index contributed by atoms with van der Waals surface area (Å²) in [5.41, 5.74) is 4.85. The van der Waals surface area contributed by atoms with Crippen LogP contribution in [0.5, 0.6) is 0 Å². The molecule has 0 fully saturated rings. The number of hydrogen-bond donors (Lipinski definition) is 3. The molecule has 0 aliphatic heterocycles. The van der Waals surface area contributed by atoms with E-state index in [4.69, 9.17) is 16.2 Å². The van der Waals surface area contributed by atoms with E-state index in [0.29, 0.717) is 6.54 Å². The van der Waals surface area contributed by atoms with E-state index in [1.807, 2.05) is 12.9 Å². The number of carboxylic acid groups (broad SMARTS) is 1. The molecule has 5 nitrogen and oxygen atoms in total. The Bertz CT molecular complexity index is 146. The highest BCUT2D eigenvalue weighted by molar-refractivity contribution is 5.85. The van der Waals surface area contributed by atoms with Gasteiger partial charge in [-0.3, -0.25) is 4.79 Å². The first kappa shape index (κ1) is 17.3. The molecule has 0 aromatic heterocycles. The summed E-state index contributed by atoms with van der Waals surface area (Å²) >= 11 is 0. The van der Waals surface area contributed by atoms with E-state index in [1.54, 1.807) is 0 Å². The van der Waals surface area contributed by atoms with Crippen LogP contribution in [0.1, 0.15) is 13.3 Å². The fraction of sp³-hybridized carbons (Fsp3) is 0.667.